The molecule has 0 bridgehead atoms. The summed E-state index contributed by atoms with van der Waals surface area (Å²) in [4.78, 5) is 0. The Morgan fingerprint density at radius 2 is 1.43 bits per heavy atom. The van der Waals surface area contributed by atoms with Crippen molar-refractivity contribution in [3.05, 3.63) is 0 Å². The summed E-state index contributed by atoms with van der Waals surface area (Å²) < 4.78 is 0. The highest BCUT2D eigenvalue weighted by atomic mass is 35.5. The molecule has 4 heteroatoms. The summed E-state index contributed by atoms with van der Waals surface area (Å²) in [6.45, 7) is 9.64. The maximum Gasteiger partial charge on any atom is 0.137 e. The largest absolute Gasteiger partial charge is 0.286 e. The molecule has 3 rings (SSSR count). The summed E-state index contributed by atoms with van der Waals surface area (Å²) in [5.41, 5.74) is -0.104. The van der Waals surface area contributed by atoms with Crippen molar-refractivity contribution in [3.8, 4) is 0 Å². The maximum absolute atomic E-state index is 6.52. The van der Waals surface area contributed by atoms with Crippen molar-refractivity contribution in [2.24, 2.45) is 35.5 Å². The first-order chi connectivity index (χ1) is 10.9. The van der Waals surface area contributed by atoms with Crippen molar-refractivity contribution < 1.29 is 0 Å². The normalized spacial score (nSPS) is 52.3. The number of nitrogens with one attached hydrogen (secondary N) is 3. The van der Waals surface area contributed by atoms with Crippen molar-refractivity contribution in [1.29, 1.82) is 0 Å². The lowest BCUT2D eigenvalue weighted by Gasteiger charge is -2.47. The van der Waals surface area contributed by atoms with Gasteiger partial charge in [0.15, 0.2) is 0 Å². The first-order valence-electron chi connectivity index (χ1n) is 9.86. The molecule has 9 atom stereocenters. The molecule has 2 aliphatic carbocycles. The van der Waals surface area contributed by atoms with Crippen LogP contribution in [0.2, 0.25) is 0 Å². The molecule has 23 heavy (non-hydrogen) atoms. The number of alkyl halides is 1. The molecule has 134 valence electrons. The molecule has 3 fully saturated rings. The molecule has 3 aliphatic rings. The average Bonchev–Trinajstić information content (AvgIpc) is 2.49. The van der Waals surface area contributed by atoms with Gasteiger partial charge in [-0.1, -0.05) is 52.1 Å². The molecule has 1 saturated heterocycles. The second-order valence-electron chi connectivity index (χ2n) is 8.90. The molecular weight excluding hydrogens is 306 g/mol. The van der Waals surface area contributed by atoms with E-state index < -0.39 is 0 Å². The van der Waals surface area contributed by atoms with Crippen molar-refractivity contribution in [1.82, 2.24) is 16.0 Å². The first kappa shape index (κ1) is 18.0. The summed E-state index contributed by atoms with van der Waals surface area (Å²) in [7, 11) is 0. The molecule has 0 spiro atoms. The summed E-state index contributed by atoms with van der Waals surface area (Å²) in [6.07, 6.45) is 8.76. The molecule has 3 nitrogen and oxygen atoms in total. The number of hydrogen-bond acceptors (Lipinski definition) is 3. The van der Waals surface area contributed by atoms with Gasteiger partial charge in [-0.3, -0.25) is 16.0 Å². The summed E-state index contributed by atoms with van der Waals surface area (Å²) >= 11 is 6.52. The van der Waals surface area contributed by atoms with Gasteiger partial charge < -0.3 is 0 Å². The fourth-order valence-electron chi connectivity index (χ4n) is 5.25. The second-order valence-corrected chi connectivity index (χ2v) is 9.34. The molecule has 2 saturated carbocycles. The smallest absolute Gasteiger partial charge is 0.137 e. The van der Waals surface area contributed by atoms with Gasteiger partial charge in [0.25, 0.3) is 0 Å². The Kier molecular flexibility index (Phi) is 5.94. The van der Waals surface area contributed by atoms with E-state index >= 15 is 0 Å². The third-order valence-electron chi connectivity index (χ3n) is 7.05. The zero-order valence-corrected chi connectivity index (χ0v) is 16.1. The Hall–Kier alpha value is 0.170. The van der Waals surface area contributed by atoms with Crippen LogP contribution in [-0.4, -0.2) is 18.0 Å². The van der Waals surface area contributed by atoms with Gasteiger partial charge in [-0.15, -0.1) is 0 Å². The van der Waals surface area contributed by atoms with E-state index in [1.807, 2.05) is 0 Å². The molecule has 3 N–H and O–H groups in total. The molecule has 0 aromatic heterocycles. The number of hydrogen-bond donors (Lipinski definition) is 3. The number of rotatable bonds is 2. The first-order valence-corrected chi connectivity index (χ1v) is 10.3. The van der Waals surface area contributed by atoms with Gasteiger partial charge in [-0.2, -0.15) is 0 Å². The molecule has 9 unspecified atom stereocenters. The third kappa shape index (κ3) is 4.23. The zero-order valence-electron chi connectivity index (χ0n) is 15.3. The van der Waals surface area contributed by atoms with Crippen LogP contribution in [-0.2, 0) is 0 Å². The third-order valence-corrected chi connectivity index (χ3v) is 7.30. The van der Waals surface area contributed by atoms with Crippen LogP contribution in [0.1, 0.15) is 66.2 Å². The van der Waals surface area contributed by atoms with E-state index in [-0.39, 0.29) is 5.62 Å². The highest BCUT2D eigenvalue weighted by Gasteiger charge is 2.39. The fraction of sp³-hybridized carbons (Fsp3) is 1.00. The lowest BCUT2D eigenvalue weighted by molar-refractivity contribution is 0.0644. The highest BCUT2D eigenvalue weighted by molar-refractivity contribution is 6.20. The predicted octanol–water partition coefficient (Wildman–Crippen LogP) is 4.09. The minimum absolute atomic E-state index is 0.104. The molecule has 0 aromatic rings. The van der Waals surface area contributed by atoms with Crippen LogP contribution in [0.3, 0.4) is 0 Å². The number of halogens is 1. The van der Waals surface area contributed by atoms with Gasteiger partial charge in [0, 0.05) is 0 Å². The fourth-order valence-corrected chi connectivity index (χ4v) is 5.52. The molecule has 0 amide bonds. The summed E-state index contributed by atoms with van der Waals surface area (Å²) in [5, 5.41) is 11.0. The molecule has 1 aliphatic heterocycles. The molecular formula is C19H36ClN3. The molecule has 0 aromatic carbocycles. The van der Waals surface area contributed by atoms with Crippen molar-refractivity contribution in [3.63, 3.8) is 0 Å². The Morgan fingerprint density at radius 3 is 2.13 bits per heavy atom. The van der Waals surface area contributed by atoms with E-state index in [1.165, 1.54) is 38.5 Å². The maximum atomic E-state index is 6.52. The minimum Gasteiger partial charge on any atom is -0.286 e. The Bertz CT molecular complexity index is 391. The Morgan fingerprint density at radius 1 is 0.696 bits per heavy atom. The van der Waals surface area contributed by atoms with Gasteiger partial charge in [-0.25, -0.2) is 0 Å². The standard InChI is InChI=1S/C19H36ClN3/c1-11-5-8-16(14(4)9-11)18-21-17(22-19(20)23-18)15-7-6-12(2)13(3)10-15/h11-19,21-23H,5-10H2,1-4H3. The molecule has 1 heterocycles. The van der Waals surface area contributed by atoms with Crippen LogP contribution < -0.4 is 16.0 Å². The summed E-state index contributed by atoms with van der Waals surface area (Å²) in [5.74, 6) is 4.77. The van der Waals surface area contributed by atoms with Gasteiger partial charge in [-0.05, 0) is 61.2 Å². The topological polar surface area (TPSA) is 36.1 Å². The van der Waals surface area contributed by atoms with Crippen LogP contribution in [0.15, 0.2) is 0 Å². The van der Waals surface area contributed by atoms with Gasteiger partial charge in [0.1, 0.15) is 5.62 Å². The van der Waals surface area contributed by atoms with Crippen LogP contribution >= 0.6 is 11.6 Å². The van der Waals surface area contributed by atoms with Gasteiger partial charge in [0.2, 0.25) is 0 Å². The average molecular weight is 342 g/mol. The van der Waals surface area contributed by atoms with Crippen LogP contribution in [0.25, 0.3) is 0 Å². The second kappa shape index (κ2) is 7.59. The highest BCUT2D eigenvalue weighted by Crippen LogP contribution is 2.38. The van der Waals surface area contributed by atoms with Crippen LogP contribution in [0.4, 0.5) is 0 Å². The monoisotopic (exact) mass is 341 g/mol. The lowest BCUT2D eigenvalue weighted by atomic mass is 9.72. The Labute approximate surface area is 147 Å². The van der Waals surface area contributed by atoms with Crippen molar-refractivity contribution >= 4 is 11.6 Å². The Balaban J connectivity index is 1.62. The molecule has 0 radical (unpaired) electrons. The van der Waals surface area contributed by atoms with E-state index in [9.17, 15) is 0 Å². The quantitative estimate of drug-likeness (QED) is 0.523. The van der Waals surface area contributed by atoms with E-state index in [2.05, 4.69) is 43.6 Å². The minimum atomic E-state index is -0.104. The van der Waals surface area contributed by atoms with Crippen molar-refractivity contribution in [2.75, 3.05) is 0 Å². The van der Waals surface area contributed by atoms with Gasteiger partial charge >= 0.3 is 0 Å². The van der Waals surface area contributed by atoms with Crippen LogP contribution in [0.5, 0.6) is 0 Å². The van der Waals surface area contributed by atoms with E-state index in [4.69, 9.17) is 11.6 Å². The summed E-state index contributed by atoms with van der Waals surface area (Å²) in [6, 6.07) is 0. The SMILES string of the molecule is CC1CCC(C2NC(Cl)NC(C3CCC(C)C(C)C3)N2)C(C)C1. The zero-order chi connectivity index (χ0) is 16.6. The lowest BCUT2D eigenvalue weighted by Crippen LogP contribution is -2.70. The van der Waals surface area contributed by atoms with Crippen LogP contribution in [0, 0.1) is 35.5 Å². The van der Waals surface area contributed by atoms with Crippen molar-refractivity contribution in [2.45, 2.75) is 84.2 Å². The van der Waals surface area contributed by atoms with E-state index in [1.54, 1.807) is 0 Å². The van der Waals surface area contributed by atoms with E-state index in [0.717, 1.165) is 23.7 Å². The predicted molar refractivity (Wildman–Crippen MR) is 98.0 cm³/mol. The van der Waals surface area contributed by atoms with Gasteiger partial charge in [0.05, 0.1) is 12.3 Å². The van der Waals surface area contributed by atoms with E-state index in [0.29, 0.717) is 24.2 Å².